The van der Waals surface area contributed by atoms with Gasteiger partial charge in [-0.05, 0) is 77.3 Å². The first kappa shape index (κ1) is 92.6. The molecule has 0 unspecified atom stereocenters. The van der Waals surface area contributed by atoms with Crippen LogP contribution in [0.2, 0.25) is 0 Å². The molecule has 18 rings (SSSR count). The molecular weight excluding hydrogens is 1630 g/mol. The standard InChI is InChI=1S/C130H156Ge/c1-31-63-127(64-32-2)103-61-59-95-93-57-51-91(79-109(93)129(67-35-5,68-36-6)117(95)115(103)99-53-39-81(71-107(99)127)101-73-87(123(21,22)23)77-111-113(101)97-55-45-85(121(15,16)17)75-105(97)125(111,27)28)131(89-47-41-83(42-48-89)119(9,10)11,90-49-43-84(44-50-90)120(12,13)14)92-52-58-94-96-60-62-104-116(118(96)130(69-37-7,70-38-8)110(94)80-92)100-54-40-82(72-108(100)128(104,65-33-3)66-34-4)102-74-88(124(24,25)26)78-112-114(102)98-56-46-86(122(18,19)20)76-106(98)126(112,29)30/h39-62,71-80H,31-38,63-70H2,1-30H3. The van der Waals surface area contributed by atoms with Crippen molar-refractivity contribution in [3.05, 3.63) is 306 Å². The first-order valence-electron chi connectivity index (χ1n) is 51.7. The quantitative estimate of drug-likeness (QED) is 0.0593. The molecule has 6 aliphatic rings. The molecule has 0 N–H and O–H groups in total. The number of fused-ring (bicyclic) bond motifs is 20. The molecule has 0 amide bonds. The third kappa shape index (κ3) is 14.0. The van der Waals surface area contributed by atoms with Gasteiger partial charge < -0.3 is 0 Å². The fourth-order valence-electron chi connectivity index (χ4n) is 27.5. The van der Waals surface area contributed by atoms with Crippen LogP contribution in [0.25, 0.3) is 89.0 Å². The Hall–Kier alpha value is -8.82. The molecule has 12 aromatic rings. The molecule has 1 heteroatoms. The van der Waals surface area contributed by atoms with Gasteiger partial charge in [-0.2, -0.15) is 0 Å². The van der Waals surface area contributed by atoms with Gasteiger partial charge in [0, 0.05) is 10.8 Å². The third-order valence-electron chi connectivity index (χ3n) is 33.9. The second kappa shape index (κ2) is 32.2. The Labute approximate surface area is 795 Å². The van der Waals surface area contributed by atoms with Crippen molar-refractivity contribution in [3.63, 3.8) is 0 Å². The minimum atomic E-state index is -4.36. The Morgan fingerprint density at radius 2 is 0.443 bits per heavy atom. The van der Waals surface area contributed by atoms with Crippen molar-refractivity contribution in [1.82, 2.24) is 0 Å². The van der Waals surface area contributed by atoms with Crippen LogP contribution in [-0.4, -0.2) is 13.3 Å². The predicted molar refractivity (Wildman–Crippen MR) is 572 cm³/mol. The van der Waals surface area contributed by atoms with Crippen LogP contribution in [0.1, 0.15) is 411 Å². The summed E-state index contributed by atoms with van der Waals surface area (Å²) in [5, 5.41) is 0. The predicted octanol–water partition coefficient (Wildman–Crippen LogP) is 34.3. The summed E-state index contributed by atoms with van der Waals surface area (Å²) in [4.78, 5) is 0. The van der Waals surface area contributed by atoms with E-state index in [-0.39, 0.29) is 65.0 Å². The van der Waals surface area contributed by atoms with E-state index in [1.807, 2.05) is 0 Å². The van der Waals surface area contributed by atoms with Gasteiger partial charge in [0.15, 0.2) is 0 Å². The molecule has 6 aliphatic carbocycles. The van der Waals surface area contributed by atoms with Crippen LogP contribution in [0.5, 0.6) is 0 Å². The molecular formula is C130H156Ge. The summed E-state index contributed by atoms with van der Waals surface area (Å²) in [7, 11) is 0. The molecule has 0 spiro atoms. The molecule has 0 saturated heterocycles. The number of hydrogen-bond acceptors (Lipinski definition) is 0. The van der Waals surface area contributed by atoms with E-state index in [2.05, 4.69) is 414 Å². The molecule has 0 aliphatic heterocycles. The van der Waals surface area contributed by atoms with Gasteiger partial charge in [-0.3, -0.25) is 0 Å². The average Bonchev–Trinajstić information content (AvgIpc) is 1.51. The van der Waals surface area contributed by atoms with Crippen LogP contribution < -0.4 is 17.6 Å². The first-order valence-corrected chi connectivity index (χ1v) is 55.9. The van der Waals surface area contributed by atoms with Crippen molar-refractivity contribution in [2.45, 2.75) is 375 Å². The topological polar surface area (TPSA) is 0 Å². The second-order valence-corrected chi connectivity index (χ2v) is 57.3. The zero-order valence-electron chi connectivity index (χ0n) is 86.4. The molecule has 0 saturated carbocycles. The SMILES string of the molecule is CCCC1(CCC)c2cc(-c3cc(C(C)(C)C)cc4c3-c3ccc(C(C)(C)C)cc3C4(C)C)ccc2-c2c1ccc1c2C(CCC)(CCC)c2c[c]([Ge]([c]3ccc(C(C)(C)C)cc3)([c]3ccc(C(C)(C)C)cc3)[c]3ccc4c(c3)C(CCC)(CCC)c3c-4ccc4c3-c3ccc(-c5cc(C(C)(C)C)cc6c5-c5ccc(C(C)(C)C)cc5C6(C)C)cc3C4(CCC)CCC)ccc2-1. The summed E-state index contributed by atoms with van der Waals surface area (Å²) in [6, 6.07) is 89.7. The van der Waals surface area contributed by atoms with Crippen LogP contribution in [0.15, 0.2) is 206 Å². The van der Waals surface area contributed by atoms with Crippen LogP contribution >= 0.6 is 0 Å². The summed E-state index contributed by atoms with van der Waals surface area (Å²) in [5.74, 6) is 0. The molecule has 0 bridgehead atoms. The zero-order valence-corrected chi connectivity index (χ0v) is 88.5. The van der Waals surface area contributed by atoms with Crippen LogP contribution in [0, 0.1) is 0 Å². The Morgan fingerprint density at radius 3 is 0.748 bits per heavy atom. The number of rotatable bonds is 22. The van der Waals surface area contributed by atoms with Crippen molar-refractivity contribution in [3.8, 4) is 89.0 Å². The van der Waals surface area contributed by atoms with Crippen molar-refractivity contribution < 1.29 is 0 Å². The van der Waals surface area contributed by atoms with E-state index in [1.54, 1.807) is 64.4 Å². The van der Waals surface area contributed by atoms with Crippen LogP contribution in [0.4, 0.5) is 0 Å². The van der Waals surface area contributed by atoms with E-state index in [0.29, 0.717) is 0 Å². The molecule has 680 valence electrons. The molecule has 131 heavy (non-hydrogen) atoms. The molecule has 0 aromatic heterocycles. The maximum atomic E-state index is 2.93. The summed E-state index contributed by atoms with van der Waals surface area (Å²) in [6.07, 6.45) is 17.6. The number of benzene rings is 12. The Kier molecular flexibility index (Phi) is 22.8. The van der Waals surface area contributed by atoms with Crippen LogP contribution in [-0.2, 0) is 65.0 Å². The summed E-state index contributed by atoms with van der Waals surface area (Å²) < 4.78 is 6.09. The zero-order chi connectivity index (χ0) is 93.8. The van der Waals surface area contributed by atoms with E-state index in [9.17, 15) is 0 Å². The van der Waals surface area contributed by atoms with E-state index in [4.69, 9.17) is 0 Å². The van der Waals surface area contributed by atoms with Gasteiger partial charge in [0.05, 0.1) is 0 Å². The van der Waals surface area contributed by atoms with Gasteiger partial charge in [-0.15, -0.1) is 0 Å². The van der Waals surface area contributed by atoms with E-state index >= 15 is 0 Å². The Morgan fingerprint density at radius 1 is 0.191 bits per heavy atom. The van der Waals surface area contributed by atoms with E-state index in [1.165, 1.54) is 142 Å². The molecule has 0 radical (unpaired) electrons. The van der Waals surface area contributed by atoms with E-state index < -0.39 is 13.3 Å². The molecule has 12 aromatic carbocycles. The average molecular weight is 1790 g/mol. The van der Waals surface area contributed by atoms with Gasteiger partial charge >= 0.3 is 554 Å². The minimum absolute atomic E-state index is 0.0330. The van der Waals surface area contributed by atoms with Crippen molar-refractivity contribution in [1.29, 1.82) is 0 Å². The summed E-state index contributed by atoms with van der Waals surface area (Å²) in [6.45, 7) is 73.1. The van der Waals surface area contributed by atoms with Crippen LogP contribution in [0.3, 0.4) is 0 Å². The second-order valence-electron chi connectivity index (χ2n) is 49.3. The Balaban J connectivity index is 0.864. The summed E-state index contributed by atoms with van der Waals surface area (Å²) in [5.41, 5.74) is 48.7. The van der Waals surface area contributed by atoms with Gasteiger partial charge in [0.25, 0.3) is 0 Å². The summed E-state index contributed by atoms with van der Waals surface area (Å²) >= 11 is -4.36. The van der Waals surface area contributed by atoms with E-state index in [0.717, 1.165) is 103 Å². The van der Waals surface area contributed by atoms with Gasteiger partial charge in [0.2, 0.25) is 0 Å². The van der Waals surface area contributed by atoms with Gasteiger partial charge in [0.1, 0.15) is 0 Å². The molecule has 0 atom stereocenters. The monoisotopic (exact) mass is 1790 g/mol. The fourth-order valence-corrected chi connectivity index (χ4v) is 37.4. The Bertz CT molecular complexity index is 6110. The fraction of sp³-hybridized carbons (Fsp3) is 0.446. The van der Waals surface area contributed by atoms with Gasteiger partial charge in [-0.25, -0.2) is 0 Å². The van der Waals surface area contributed by atoms with Crippen molar-refractivity contribution in [2.24, 2.45) is 0 Å². The maximum absolute atomic E-state index is 4.36. The van der Waals surface area contributed by atoms with Crippen molar-refractivity contribution in [2.75, 3.05) is 0 Å². The molecule has 0 nitrogen and oxygen atoms in total. The van der Waals surface area contributed by atoms with Gasteiger partial charge in [-0.1, -0.05) is 159 Å². The van der Waals surface area contributed by atoms with Crippen molar-refractivity contribution >= 4 is 30.8 Å². The number of hydrogen-bond donors (Lipinski definition) is 0. The molecule has 0 heterocycles. The normalized spacial score (nSPS) is 16.4. The third-order valence-corrected chi connectivity index (χ3v) is 43.9. The first-order chi connectivity index (χ1) is 61.8. The molecule has 0 fully saturated rings.